The first kappa shape index (κ1) is 14.0. The van der Waals surface area contributed by atoms with Crippen molar-refractivity contribution in [2.75, 3.05) is 0 Å². The van der Waals surface area contributed by atoms with Crippen molar-refractivity contribution in [3.63, 3.8) is 0 Å². The molecule has 1 aliphatic heterocycles. The van der Waals surface area contributed by atoms with Crippen molar-refractivity contribution < 1.29 is 4.74 Å². The van der Waals surface area contributed by atoms with Crippen molar-refractivity contribution in [3.8, 4) is 5.75 Å². The Balaban J connectivity index is 1.82. The van der Waals surface area contributed by atoms with Gasteiger partial charge in [0.2, 0.25) is 0 Å². The second-order valence-corrected chi connectivity index (χ2v) is 6.41. The second-order valence-electron chi connectivity index (χ2n) is 5.17. The zero-order chi connectivity index (χ0) is 14.8. The average molecular weight is 298 g/mol. The van der Waals surface area contributed by atoms with Gasteiger partial charge in [0.25, 0.3) is 0 Å². The maximum atomic E-state index is 7.63. The van der Waals surface area contributed by atoms with E-state index in [1.165, 1.54) is 10.5 Å². The van der Waals surface area contributed by atoms with Crippen molar-refractivity contribution in [1.82, 2.24) is 0 Å². The smallest absolute Gasteiger partial charge is 0.124 e. The van der Waals surface area contributed by atoms with Crippen LogP contribution in [0.3, 0.4) is 0 Å². The molecule has 4 heteroatoms. The molecule has 2 aromatic carbocycles. The molecule has 108 valence electrons. The van der Waals surface area contributed by atoms with Gasteiger partial charge in [-0.3, -0.25) is 5.41 Å². The van der Waals surface area contributed by atoms with E-state index >= 15 is 0 Å². The Labute approximate surface area is 129 Å². The van der Waals surface area contributed by atoms with Crippen molar-refractivity contribution in [3.05, 3.63) is 59.7 Å². The number of thioether (sulfide) groups is 1. The van der Waals surface area contributed by atoms with E-state index in [1.807, 2.05) is 30.3 Å². The van der Waals surface area contributed by atoms with Crippen molar-refractivity contribution in [1.29, 1.82) is 5.41 Å². The number of benzene rings is 2. The van der Waals surface area contributed by atoms with E-state index in [0.29, 0.717) is 0 Å². The predicted octanol–water partition coefficient (Wildman–Crippen LogP) is 3.78. The summed E-state index contributed by atoms with van der Waals surface area (Å²) in [5, 5.41) is 7.67. The number of nitrogens with two attached hydrogens (primary N) is 1. The fraction of sp³-hybridized carbons (Fsp3) is 0.235. The topological polar surface area (TPSA) is 59.1 Å². The Morgan fingerprint density at radius 2 is 2.00 bits per heavy atom. The average Bonchev–Trinajstić information content (AvgIpc) is 2.93. The SMILES string of the molecule is C[C@@H](Oc1cccc2c1CC(C(=N)N)S2)c1ccccc1. The summed E-state index contributed by atoms with van der Waals surface area (Å²) in [5.74, 6) is 1.14. The number of ether oxygens (including phenoxy) is 1. The highest BCUT2D eigenvalue weighted by molar-refractivity contribution is 8.01. The van der Waals surface area contributed by atoms with Gasteiger partial charge in [-0.1, -0.05) is 36.4 Å². The fourth-order valence-corrected chi connectivity index (χ4v) is 3.67. The van der Waals surface area contributed by atoms with Gasteiger partial charge in [0.1, 0.15) is 17.7 Å². The molecule has 2 atom stereocenters. The third-order valence-corrected chi connectivity index (χ3v) is 5.01. The highest BCUT2D eigenvalue weighted by Crippen LogP contribution is 2.42. The van der Waals surface area contributed by atoms with Gasteiger partial charge in [0.05, 0.1) is 5.25 Å². The number of hydrogen-bond acceptors (Lipinski definition) is 3. The van der Waals surface area contributed by atoms with Gasteiger partial charge >= 0.3 is 0 Å². The molecule has 3 nitrogen and oxygen atoms in total. The lowest BCUT2D eigenvalue weighted by molar-refractivity contribution is 0.224. The standard InChI is InChI=1S/C17H18N2OS/c1-11(12-6-3-2-4-7-12)20-14-8-5-9-15-13(14)10-16(21-15)17(18)19/h2-9,11,16H,10H2,1H3,(H3,18,19)/t11-,16?/m1/s1. The normalized spacial score (nSPS) is 18.0. The van der Waals surface area contributed by atoms with Gasteiger partial charge in [-0.05, 0) is 31.0 Å². The van der Waals surface area contributed by atoms with Crippen LogP contribution in [-0.4, -0.2) is 11.1 Å². The first-order valence-electron chi connectivity index (χ1n) is 6.99. The summed E-state index contributed by atoms with van der Waals surface area (Å²) in [4.78, 5) is 1.17. The molecule has 3 rings (SSSR count). The lowest BCUT2D eigenvalue weighted by Crippen LogP contribution is -2.24. The summed E-state index contributed by atoms with van der Waals surface area (Å²) >= 11 is 1.65. The van der Waals surface area contributed by atoms with E-state index in [-0.39, 0.29) is 17.2 Å². The van der Waals surface area contributed by atoms with Gasteiger partial charge in [0.15, 0.2) is 0 Å². The maximum absolute atomic E-state index is 7.63. The number of fused-ring (bicyclic) bond motifs is 1. The molecular formula is C17H18N2OS. The quantitative estimate of drug-likeness (QED) is 0.667. The molecule has 0 amide bonds. The van der Waals surface area contributed by atoms with Crippen LogP contribution in [0.1, 0.15) is 24.2 Å². The van der Waals surface area contributed by atoms with Crippen LogP contribution in [0.2, 0.25) is 0 Å². The molecular weight excluding hydrogens is 280 g/mol. The van der Waals surface area contributed by atoms with Gasteiger partial charge in [-0.15, -0.1) is 11.8 Å². The lowest BCUT2D eigenvalue weighted by atomic mass is 10.1. The maximum Gasteiger partial charge on any atom is 0.124 e. The summed E-state index contributed by atoms with van der Waals surface area (Å²) in [7, 11) is 0. The van der Waals surface area contributed by atoms with E-state index in [2.05, 4.69) is 25.1 Å². The molecule has 1 aliphatic rings. The summed E-state index contributed by atoms with van der Waals surface area (Å²) in [6.45, 7) is 2.05. The first-order valence-corrected chi connectivity index (χ1v) is 7.87. The fourth-order valence-electron chi connectivity index (χ4n) is 2.50. The summed E-state index contributed by atoms with van der Waals surface area (Å²) < 4.78 is 6.15. The highest BCUT2D eigenvalue weighted by atomic mass is 32.2. The van der Waals surface area contributed by atoms with E-state index < -0.39 is 0 Å². The second kappa shape index (κ2) is 5.82. The van der Waals surface area contributed by atoms with Crippen LogP contribution in [-0.2, 0) is 6.42 Å². The predicted molar refractivity (Wildman–Crippen MR) is 87.2 cm³/mol. The Bertz CT molecular complexity index is 657. The van der Waals surface area contributed by atoms with Crippen LogP contribution in [0.25, 0.3) is 0 Å². The number of rotatable bonds is 4. The first-order chi connectivity index (χ1) is 10.1. The molecule has 0 saturated carbocycles. The van der Waals surface area contributed by atoms with Gasteiger partial charge in [0, 0.05) is 10.5 Å². The summed E-state index contributed by atoms with van der Waals surface area (Å²) in [5.41, 5.74) is 7.97. The minimum absolute atomic E-state index is 0.000854. The zero-order valence-corrected chi connectivity index (χ0v) is 12.7. The Morgan fingerprint density at radius 1 is 1.24 bits per heavy atom. The van der Waals surface area contributed by atoms with Crippen LogP contribution in [0.4, 0.5) is 0 Å². The Morgan fingerprint density at radius 3 is 2.71 bits per heavy atom. The zero-order valence-electron chi connectivity index (χ0n) is 11.9. The van der Waals surface area contributed by atoms with E-state index in [4.69, 9.17) is 15.9 Å². The monoisotopic (exact) mass is 298 g/mol. The molecule has 0 radical (unpaired) electrons. The van der Waals surface area contributed by atoms with Crippen molar-refractivity contribution in [2.45, 2.75) is 29.6 Å². The third kappa shape index (κ3) is 2.90. The van der Waals surface area contributed by atoms with Crippen LogP contribution < -0.4 is 10.5 Å². The van der Waals surface area contributed by atoms with Gasteiger partial charge in [-0.2, -0.15) is 0 Å². The minimum atomic E-state index is -0.000854. The molecule has 0 saturated heterocycles. The third-order valence-electron chi connectivity index (χ3n) is 3.67. The molecule has 21 heavy (non-hydrogen) atoms. The van der Waals surface area contributed by atoms with E-state index in [1.54, 1.807) is 11.8 Å². The van der Waals surface area contributed by atoms with Crippen LogP contribution in [0, 0.1) is 5.41 Å². The molecule has 2 aromatic rings. The summed E-state index contributed by atoms with van der Waals surface area (Å²) in [6.07, 6.45) is 0.770. The van der Waals surface area contributed by atoms with Crippen molar-refractivity contribution in [2.24, 2.45) is 5.73 Å². The lowest BCUT2D eigenvalue weighted by Gasteiger charge is -2.17. The van der Waals surface area contributed by atoms with E-state index in [9.17, 15) is 0 Å². The Hall–Kier alpha value is -1.94. The molecule has 3 N–H and O–H groups in total. The minimum Gasteiger partial charge on any atom is -0.486 e. The molecule has 0 fully saturated rings. The highest BCUT2D eigenvalue weighted by Gasteiger charge is 2.27. The van der Waals surface area contributed by atoms with Crippen molar-refractivity contribution >= 4 is 17.6 Å². The number of amidine groups is 1. The van der Waals surface area contributed by atoms with Gasteiger partial charge < -0.3 is 10.5 Å². The molecule has 0 aliphatic carbocycles. The molecule has 0 aromatic heterocycles. The molecule has 0 bridgehead atoms. The number of hydrogen-bond donors (Lipinski definition) is 2. The van der Waals surface area contributed by atoms with Crippen LogP contribution in [0.15, 0.2) is 53.4 Å². The molecule has 1 heterocycles. The van der Waals surface area contributed by atoms with Crippen LogP contribution in [0.5, 0.6) is 5.75 Å². The van der Waals surface area contributed by atoms with E-state index in [0.717, 1.165) is 17.7 Å². The van der Waals surface area contributed by atoms with Gasteiger partial charge in [-0.25, -0.2) is 0 Å². The number of nitrogens with one attached hydrogen (secondary N) is 1. The molecule has 0 spiro atoms. The Kier molecular flexibility index (Phi) is 3.88. The van der Waals surface area contributed by atoms with Crippen LogP contribution >= 0.6 is 11.8 Å². The largest absolute Gasteiger partial charge is 0.486 e. The summed E-state index contributed by atoms with van der Waals surface area (Å²) in [6, 6.07) is 16.3. The molecule has 1 unspecified atom stereocenters.